The van der Waals surface area contributed by atoms with Crippen LogP contribution >= 0.6 is 15.6 Å². The van der Waals surface area contributed by atoms with Crippen molar-refractivity contribution < 1.29 is 131 Å². The zero-order chi connectivity index (χ0) is 32.0. The van der Waals surface area contributed by atoms with E-state index >= 15 is 0 Å². The quantitative estimate of drug-likeness (QED) is 0.0612. The Morgan fingerprint density at radius 2 is 1.59 bits per heavy atom. The number of phosphoric ester groups is 2. The number of primary amides is 1. The minimum Gasteiger partial charge on any atom is -0.756 e. The molecule has 10 atom stereocenters. The molecule has 46 heavy (non-hydrogen) atoms. The number of aromatic nitrogens is 5. The summed E-state index contributed by atoms with van der Waals surface area (Å²) in [4.78, 5) is 47.8. The summed E-state index contributed by atoms with van der Waals surface area (Å²) in [6.45, 7) is -1.98. The molecule has 0 aliphatic carbocycles. The minimum atomic E-state index is -5.68. The maximum absolute atomic E-state index is 12.3. The number of carbonyl (C=O) groups is 1. The summed E-state index contributed by atoms with van der Waals surface area (Å²) in [5, 5.41) is 41.5. The molecule has 2 unspecified atom stereocenters. The van der Waals surface area contributed by atoms with Gasteiger partial charge in [-0.05, 0) is 6.07 Å². The molecule has 240 valence electrons. The number of phosphoric acid groups is 2. The standard InChI is InChI=1S/C21H27N7O14P2.2Na/c22-17-12-19(25-7-24-17)28(8-26-12)21-16(32)14(30)11(41-21)6-39-44(36,37)42-43(34,35)38-5-10-13(29)15(31)20(40-10)27-3-1-2-9(4-27)18(23)33;;/h1-4,7-8,10-11,13-16,20-21,29-32H,5-6H2,(H5-,22,23,24,25,33,34,35,36,37);;/q;2*+1/p-1/t10-,11-,13-,14-,15-,16-,20-,21-;;/m1../s1. The van der Waals surface area contributed by atoms with Crippen molar-refractivity contribution in [2.24, 2.45) is 5.73 Å². The van der Waals surface area contributed by atoms with Crippen LogP contribution in [0.2, 0.25) is 0 Å². The first-order chi connectivity index (χ1) is 20.7. The minimum absolute atomic E-state index is 0. The predicted molar refractivity (Wildman–Crippen MR) is 135 cm³/mol. The number of pyridine rings is 1. The van der Waals surface area contributed by atoms with Gasteiger partial charge in [-0.15, -0.1) is 0 Å². The molecule has 0 saturated carbocycles. The Bertz CT molecular complexity index is 1640. The molecule has 5 heterocycles. The molecule has 0 spiro atoms. The van der Waals surface area contributed by atoms with Gasteiger partial charge < -0.3 is 60.2 Å². The maximum Gasteiger partial charge on any atom is 1.00 e. The number of carbonyl (C=O) groups excluding carboxylic acids is 1. The van der Waals surface area contributed by atoms with E-state index in [4.69, 9.17) is 20.9 Å². The molecule has 2 saturated heterocycles. The summed E-state index contributed by atoms with van der Waals surface area (Å²) >= 11 is 0. The second-order valence-electron chi connectivity index (χ2n) is 9.65. The van der Waals surface area contributed by atoms with Gasteiger partial charge in [0.2, 0.25) is 0 Å². The van der Waals surface area contributed by atoms with E-state index in [1.807, 2.05) is 0 Å². The van der Waals surface area contributed by atoms with Crippen LogP contribution < -0.4 is 84.9 Å². The van der Waals surface area contributed by atoms with Gasteiger partial charge in [-0.1, -0.05) is 0 Å². The fraction of sp³-hybridized carbons (Fsp3) is 0.476. The zero-order valence-corrected chi connectivity index (χ0v) is 29.9. The topological polar surface area (TPSA) is 324 Å². The smallest absolute Gasteiger partial charge is 0.756 e. The first-order valence-electron chi connectivity index (χ1n) is 12.6. The van der Waals surface area contributed by atoms with Gasteiger partial charge in [0.05, 0.1) is 19.5 Å². The van der Waals surface area contributed by atoms with E-state index < -0.39 is 83.8 Å². The number of nitrogen functional groups attached to an aromatic ring is 1. The largest absolute Gasteiger partial charge is 1.00 e. The normalized spacial score (nSPS) is 30.2. The van der Waals surface area contributed by atoms with Crippen molar-refractivity contribution in [3.05, 3.63) is 42.7 Å². The Morgan fingerprint density at radius 3 is 2.22 bits per heavy atom. The first kappa shape index (κ1) is 39.4. The molecule has 2 aliphatic heterocycles. The molecule has 21 nitrogen and oxygen atoms in total. The van der Waals surface area contributed by atoms with Crippen LogP contribution in [-0.4, -0.2) is 95.7 Å². The molecular weight excluding hydrogens is 682 g/mol. The number of rotatable bonds is 11. The Labute approximate surface area is 303 Å². The van der Waals surface area contributed by atoms with Crippen molar-refractivity contribution in [3.63, 3.8) is 0 Å². The second kappa shape index (κ2) is 15.7. The molecule has 0 bridgehead atoms. The molecule has 3 aromatic heterocycles. The Hall–Kier alpha value is -1.01. The Morgan fingerprint density at radius 1 is 0.978 bits per heavy atom. The van der Waals surface area contributed by atoms with Gasteiger partial charge in [0, 0.05) is 6.07 Å². The average Bonchev–Trinajstić information content (AvgIpc) is 3.61. The van der Waals surface area contributed by atoms with Crippen LogP contribution in [0.15, 0.2) is 37.2 Å². The van der Waals surface area contributed by atoms with E-state index in [-0.39, 0.29) is 81.7 Å². The van der Waals surface area contributed by atoms with Crippen molar-refractivity contribution in [2.45, 2.75) is 49.1 Å². The zero-order valence-electron chi connectivity index (χ0n) is 24.2. The van der Waals surface area contributed by atoms with Gasteiger partial charge in [-0.2, -0.15) is 4.57 Å². The molecule has 5 rings (SSSR count). The predicted octanol–water partition coefficient (Wildman–Crippen LogP) is -10.3. The van der Waals surface area contributed by atoms with Gasteiger partial charge in [-0.3, -0.25) is 18.5 Å². The van der Waals surface area contributed by atoms with Gasteiger partial charge in [-0.25, -0.2) is 19.3 Å². The van der Waals surface area contributed by atoms with Crippen LogP contribution in [0, 0.1) is 0 Å². The fourth-order valence-corrected chi connectivity index (χ4v) is 6.58. The number of hydrogen-bond acceptors (Lipinski definition) is 18. The number of nitrogens with two attached hydrogens (primary N) is 2. The molecular formula is C21H26N7Na2O14P2+. The second-order valence-corrected chi connectivity index (χ2v) is 12.6. The SMILES string of the molecule is NC(=O)c1ccc[n+]([C@@H]2O[C@H](COP(=O)([O-])OP(=O)([O-])OC[C@H]3O[C@@H](n4cnc5c(N)ncnc54)[C@H](O)[C@@H]3O)[C@@H](O)[C@H]2O)c1.[Na+].[Na+]. The Balaban J connectivity index is 0.00000288. The first-order valence-corrected chi connectivity index (χ1v) is 15.5. The van der Waals surface area contributed by atoms with Crippen LogP contribution in [0.3, 0.4) is 0 Å². The van der Waals surface area contributed by atoms with Crippen LogP contribution in [0.4, 0.5) is 5.82 Å². The monoisotopic (exact) mass is 708 g/mol. The van der Waals surface area contributed by atoms with Crippen LogP contribution in [0.1, 0.15) is 22.8 Å². The third kappa shape index (κ3) is 8.58. The van der Waals surface area contributed by atoms with Crippen LogP contribution in [0.5, 0.6) is 0 Å². The number of fused-ring (bicyclic) bond motifs is 1. The number of hydrogen-bond donors (Lipinski definition) is 6. The van der Waals surface area contributed by atoms with Crippen molar-refractivity contribution >= 4 is 38.5 Å². The van der Waals surface area contributed by atoms with Gasteiger partial charge in [0.1, 0.15) is 47.9 Å². The molecule has 0 aromatic carbocycles. The van der Waals surface area contributed by atoms with E-state index in [1.165, 1.54) is 40.0 Å². The van der Waals surface area contributed by atoms with Crippen LogP contribution in [0.25, 0.3) is 11.2 Å². The average molecular weight is 708 g/mol. The van der Waals surface area contributed by atoms with Crippen molar-refractivity contribution in [2.75, 3.05) is 18.9 Å². The fourth-order valence-electron chi connectivity index (χ4n) is 4.56. The molecule has 0 radical (unpaired) electrons. The van der Waals surface area contributed by atoms with Gasteiger partial charge in [0.25, 0.3) is 27.8 Å². The van der Waals surface area contributed by atoms with E-state index in [1.54, 1.807) is 0 Å². The summed E-state index contributed by atoms with van der Waals surface area (Å²) in [7, 11) is -11.4. The summed E-state index contributed by atoms with van der Waals surface area (Å²) in [5.74, 6) is -0.743. The van der Waals surface area contributed by atoms with Gasteiger partial charge >= 0.3 is 59.1 Å². The van der Waals surface area contributed by atoms with E-state index in [0.717, 1.165) is 6.33 Å². The summed E-state index contributed by atoms with van der Waals surface area (Å²) in [6, 6.07) is 2.80. The summed E-state index contributed by atoms with van der Waals surface area (Å²) in [5.41, 5.74) is 11.3. The Kier molecular flexibility index (Phi) is 13.4. The molecule has 2 fully saturated rings. The van der Waals surface area contributed by atoms with Crippen molar-refractivity contribution in [3.8, 4) is 0 Å². The third-order valence-corrected chi connectivity index (χ3v) is 9.26. The number of anilines is 1. The third-order valence-electron chi connectivity index (χ3n) is 6.73. The number of ether oxygens (including phenoxy) is 2. The van der Waals surface area contributed by atoms with E-state index in [2.05, 4.69) is 28.3 Å². The maximum atomic E-state index is 12.3. The van der Waals surface area contributed by atoms with E-state index in [9.17, 15) is 44.1 Å². The van der Waals surface area contributed by atoms with Crippen molar-refractivity contribution in [1.82, 2.24) is 19.5 Å². The number of amides is 1. The molecule has 2 aliphatic rings. The number of aliphatic hydroxyl groups excluding tert-OH is 4. The van der Waals surface area contributed by atoms with Gasteiger partial charge in [0.15, 0.2) is 36.2 Å². The molecule has 8 N–H and O–H groups in total. The van der Waals surface area contributed by atoms with Crippen molar-refractivity contribution in [1.29, 1.82) is 0 Å². The van der Waals surface area contributed by atoms with Crippen LogP contribution in [-0.2, 0) is 32.0 Å². The summed E-state index contributed by atoms with van der Waals surface area (Å²) < 4.78 is 51.1. The number of aliphatic hydroxyl groups is 4. The number of imidazole rings is 1. The van der Waals surface area contributed by atoms with E-state index in [0.29, 0.717) is 0 Å². The number of nitrogens with zero attached hydrogens (tertiary/aromatic N) is 5. The molecule has 25 heteroatoms. The summed E-state index contributed by atoms with van der Waals surface area (Å²) in [6.07, 6.45) is -7.26. The molecule has 3 aromatic rings. The molecule has 1 amide bonds.